The molecule has 1 nitrogen and oxygen atoms in total. The maximum Gasteiger partial charge on any atom is 0.292 e. The van der Waals surface area contributed by atoms with Crippen molar-refractivity contribution in [1.82, 2.24) is 0 Å². The topological polar surface area (TPSA) is 9.23 Å². The van der Waals surface area contributed by atoms with Crippen LogP contribution in [0.25, 0.3) is 0 Å². The Labute approximate surface area is 78.0 Å². The molecule has 0 aromatic heterocycles. The van der Waals surface area contributed by atoms with E-state index in [1.165, 1.54) is 36.8 Å². The second-order valence-electron chi connectivity index (χ2n) is 4.14. The van der Waals surface area contributed by atoms with Crippen molar-refractivity contribution in [2.24, 2.45) is 0 Å². The highest BCUT2D eigenvalue weighted by molar-refractivity contribution is 6.83. The molecule has 3 heteroatoms. The summed E-state index contributed by atoms with van der Waals surface area (Å²) in [5.41, 5.74) is 0. The Kier molecular flexibility index (Phi) is 3.85. The molecule has 0 aromatic rings. The monoisotopic (exact) mass is 184 g/mol. The second-order valence-corrected chi connectivity index (χ2v) is 9.56. The van der Waals surface area contributed by atoms with Crippen LogP contribution in [0.5, 0.6) is 0 Å². The fourth-order valence-corrected chi connectivity index (χ4v) is 6.43. The molecule has 0 aliphatic carbocycles. The zero-order valence-electron chi connectivity index (χ0n) is 8.73. The molecular weight excluding hydrogens is 163 g/mol. The molecule has 0 atom stereocenters. The van der Waals surface area contributed by atoms with E-state index >= 15 is 0 Å². The Balaban J connectivity index is 2.42. The van der Waals surface area contributed by atoms with Crippen molar-refractivity contribution in [2.75, 3.05) is 7.11 Å². The van der Waals surface area contributed by atoms with Crippen molar-refractivity contribution in [3.05, 3.63) is 0 Å². The lowest BCUT2D eigenvalue weighted by atomic mass is 9.62. The third-order valence-corrected chi connectivity index (χ3v) is 9.53. The van der Waals surface area contributed by atoms with Crippen LogP contribution in [-0.4, -0.2) is 22.1 Å². The summed E-state index contributed by atoms with van der Waals surface area (Å²) in [6.07, 6.45) is 2.68. The first-order chi connectivity index (χ1) is 5.76. The third kappa shape index (κ3) is 2.13. The van der Waals surface area contributed by atoms with Gasteiger partial charge in [-0.15, -0.1) is 0 Å². The van der Waals surface area contributed by atoms with Gasteiger partial charge >= 0.3 is 0 Å². The molecule has 0 amide bonds. The maximum absolute atomic E-state index is 5.40. The van der Waals surface area contributed by atoms with Gasteiger partial charge in [-0.3, -0.25) is 0 Å². The zero-order valence-corrected chi connectivity index (χ0v) is 9.73. The molecule has 0 unspecified atom stereocenters. The highest BCUT2D eigenvalue weighted by Crippen LogP contribution is 2.35. The van der Waals surface area contributed by atoms with E-state index in [0.717, 1.165) is 0 Å². The van der Waals surface area contributed by atoms with E-state index in [-0.39, 0.29) is 0 Å². The molecule has 1 heterocycles. The van der Waals surface area contributed by atoms with Gasteiger partial charge in [0.25, 0.3) is 6.92 Å². The van der Waals surface area contributed by atoms with E-state index in [9.17, 15) is 0 Å². The molecule has 1 saturated heterocycles. The highest BCUT2D eigenvalue weighted by Gasteiger charge is 2.35. The molecule has 0 spiro atoms. The first-order valence-electron chi connectivity index (χ1n) is 5.29. The van der Waals surface area contributed by atoms with Crippen molar-refractivity contribution in [3.63, 3.8) is 0 Å². The van der Waals surface area contributed by atoms with Gasteiger partial charge < -0.3 is 4.65 Å². The van der Waals surface area contributed by atoms with E-state index in [2.05, 4.69) is 13.8 Å². The normalized spacial score (nSPS) is 22.8. The molecule has 70 valence electrons. The summed E-state index contributed by atoms with van der Waals surface area (Å²) in [4.78, 5) is 0. The minimum absolute atomic E-state index is 0.587. The third-order valence-electron chi connectivity index (χ3n) is 3.83. The smallest absolute Gasteiger partial charge is 0.292 e. The van der Waals surface area contributed by atoms with Crippen LogP contribution in [0.3, 0.4) is 0 Å². The standard InChI is InChI=1S/C9H21BOSi/c1-4-12(5-2)8-6-10(11-3)7-9-12/h4-9H2,1-3H3. The van der Waals surface area contributed by atoms with Gasteiger partial charge in [-0.1, -0.05) is 38.0 Å². The minimum atomic E-state index is -0.769. The molecule has 12 heavy (non-hydrogen) atoms. The molecule has 0 radical (unpaired) electrons. The fourth-order valence-electron chi connectivity index (χ4n) is 2.40. The lowest BCUT2D eigenvalue weighted by molar-refractivity contribution is 0.418. The van der Waals surface area contributed by atoms with Gasteiger partial charge in [0, 0.05) is 7.11 Å². The van der Waals surface area contributed by atoms with E-state index in [1.54, 1.807) is 0 Å². The van der Waals surface area contributed by atoms with Crippen LogP contribution in [0, 0.1) is 0 Å². The van der Waals surface area contributed by atoms with Crippen LogP contribution in [-0.2, 0) is 4.65 Å². The zero-order chi connectivity index (χ0) is 9.03. The summed E-state index contributed by atoms with van der Waals surface area (Å²) in [5, 5.41) is 0. The SMILES string of the molecule is CC[Si]1(CC)CCB(OC)CC1. The molecular formula is C9H21BOSi. The van der Waals surface area contributed by atoms with E-state index in [4.69, 9.17) is 4.65 Å². The first kappa shape index (κ1) is 10.3. The summed E-state index contributed by atoms with van der Waals surface area (Å²) in [7, 11) is 1.09. The van der Waals surface area contributed by atoms with Gasteiger partial charge in [-0.05, 0) is 12.6 Å². The van der Waals surface area contributed by atoms with Gasteiger partial charge in [0.05, 0.1) is 8.07 Å². The van der Waals surface area contributed by atoms with Gasteiger partial charge in [0.2, 0.25) is 0 Å². The summed E-state index contributed by atoms with van der Waals surface area (Å²) >= 11 is 0. The molecule has 0 saturated carbocycles. The molecule has 1 fully saturated rings. The van der Waals surface area contributed by atoms with Crippen LogP contribution in [0.4, 0.5) is 0 Å². The molecule has 0 bridgehead atoms. The Hall–Kier alpha value is 0.242. The lowest BCUT2D eigenvalue weighted by Crippen LogP contribution is -2.39. The molecule has 0 N–H and O–H groups in total. The summed E-state index contributed by atoms with van der Waals surface area (Å²) < 4.78 is 5.40. The van der Waals surface area contributed by atoms with Crippen LogP contribution in [0.2, 0.25) is 36.8 Å². The van der Waals surface area contributed by atoms with Crippen molar-refractivity contribution in [1.29, 1.82) is 0 Å². The molecule has 1 aliphatic heterocycles. The minimum Gasteiger partial charge on any atom is -0.439 e. The number of hydrogen-bond acceptors (Lipinski definition) is 1. The Morgan fingerprint density at radius 1 is 1.17 bits per heavy atom. The Morgan fingerprint density at radius 2 is 1.67 bits per heavy atom. The Bertz CT molecular complexity index is 126. The van der Waals surface area contributed by atoms with Crippen LogP contribution in [0.15, 0.2) is 0 Å². The fraction of sp³-hybridized carbons (Fsp3) is 1.00. The van der Waals surface area contributed by atoms with Crippen LogP contribution >= 0.6 is 0 Å². The average Bonchev–Trinajstić information content (AvgIpc) is 2.18. The van der Waals surface area contributed by atoms with Crippen molar-refractivity contribution in [2.45, 2.75) is 50.7 Å². The van der Waals surface area contributed by atoms with Crippen molar-refractivity contribution < 1.29 is 4.65 Å². The summed E-state index contributed by atoms with van der Waals surface area (Å²) in [6.45, 7) is 5.37. The van der Waals surface area contributed by atoms with Crippen LogP contribution in [0.1, 0.15) is 13.8 Å². The van der Waals surface area contributed by atoms with Gasteiger partial charge in [0.1, 0.15) is 0 Å². The van der Waals surface area contributed by atoms with E-state index < -0.39 is 8.07 Å². The average molecular weight is 184 g/mol. The maximum atomic E-state index is 5.40. The predicted octanol–water partition coefficient (Wildman–Crippen LogP) is 3.13. The second kappa shape index (κ2) is 4.47. The quantitative estimate of drug-likeness (QED) is 0.612. The molecule has 1 aliphatic rings. The summed E-state index contributed by atoms with van der Waals surface area (Å²) in [5.74, 6) is 0. The predicted molar refractivity (Wildman–Crippen MR) is 58.7 cm³/mol. The van der Waals surface area contributed by atoms with Gasteiger partial charge in [-0.25, -0.2) is 0 Å². The van der Waals surface area contributed by atoms with Gasteiger partial charge in [0.15, 0.2) is 0 Å². The molecule has 0 aromatic carbocycles. The van der Waals surface area contributed by atoms with Crippen LogP contribution < -0.4 is 0 Å². The van der Waals surface area contributed by atoms with Crippen molar-refractivity contribution >= 4 is 15.0 Å². The van der Waals surface area contributed by atoms with E-state index in [0.29, 0.717) is 6.92 Å². The first-order valence-corrected chi connectivity index (χ1v) is 8.12. The lowest BCUT2D eigenvalue weighted by Gasteiger charge is -2.35. The highest BCUT2D eigenvalue weighted by atomic mass is 28.3. The number of hydrogen-bond donors (Lipinski definition) is 0. The largest absolute Gasteiger partial charge is 0.439 e. The molecule has 1 rings (SSSR count). The van der Waals surface area contributed by atoms with E-state index in [1.807, 2.05) is 7.11 Å². The summed E-state index contributed by atoms with van der Waals surface area (Å²) in [6, 6.07) is 6.00. The van der Waals surface area contributed by atoms with Gasteiger partial charge in [-0.2, -0.15) is 0 Å². The number of rotatable bonds is 3. The Morgan fingerprint density at radius 3 is 2.00 bits per heavy atom. The van der Waals surface area contributed by atoms with Crippen molar-refractivity contribution in [3.8, 4) is 0 Å².